The molecular weight excluding hydrogens is 210 g/mol. The molecule has 1 aromatic carbocycles. The van der Waals surface area contributed by atoms with Crippen molar-refractivity contribution in [2.45, 2.75) is 19.3 Å². The highest BCUT2D eigenvalue weighted by Crippen LogP contribution is 2.37. The van der Waals surface area contributed by atoms with E-state index in [0.29, 0.717) is 5.92 Å². The Balaban J connectivity index is 2.39. The van der Waals surface area contributed by atoms with E-state index in [9.17, 15) is 0 Å². The molecular formula is C12H16ClNO. The molecule has 3 heteroatoms. The van der Waals surface area contributed by atoms with Gasteiger partial charge in [-0.15, -0.1) is 0 Å². The monoisotopic (exact) mass is 225 g/mol. The van der Waals surface area contributed by atoms with Crippen molar-refractivity contribution < 1.29 is 4.74 Å². The first-order valence-corrected chi connectivity index (χ1v) is 5.65. The van der Waals surface area contributed by atoms with Crippen LogP contribution in [0.25, 0.3) is 0 Å². The number of hydrogen-bond donors (Lipinski definition) is 1. The van der Waals surface area contributed by atoms with Crippen molar-refractivity contribution in [1.82, 2.24) is 5.32 Å². The quantitative estimate of drug-likeness (QED) is 0.836. The van der Waals surface area contributed by atoms with Gasteiger partial charge in [0, 0.05) is 6.54 Å². The van der Waals surface area contributed by atoms with Gasteiger partial charge >= 0.3 is 0 Å². The van der Waals surface area contributed by atoms with Gasteiger partial charge < -0.3 is 10.1 Å². The largest absolute Gasteiger partial charge is 0.495 e. The molecule has 0 radical (unpaired) electrons. The van der Waals surface area contributed by atoms with Crippen LogP contribution in [0.2, 0.25) is 5.02 Å². The zero-order valence-electron chi connectivity index (χ0n) is 9.14. The number of aryl methyl sites for hydroxylation is 1. The predicted molar refractivity (Wildman–Crippen MR) is 63.0 cm³/mol. The Morgan fingerprint density at radius 1 is 1.47 bits per heavy atom. The molecule has 0 aromatic heterocycles. The lowest BCUT2D eigenvalue weighted by Crippen LogP contribution is -2.08. The summed E-state index contributed by atoms with van der Waals surface area (Å²) in [6.45, 7) is 4.12. The average Bonchev–Trinajstić information content (AvgIpc) is 2.71. The minimum absolute atomic E-state index is 0.534. The number of benzene rings is 1. The molecule has 1 heterocycles. The zero-order valence-corrected chi connectivity index (χ0v) is 9.90. The number of methoxy groups -OCH3 is 1. The highest BCUT2D eigenvalue weighted by molar-refractivity contribution is 6.33. The fourth-order valence-electron chi connectivity index (χ4n) is 2.15. The first-order chi connectivity index (χ1) is 7.24. The molecule has 1 unspecified atom stereocenters. The van der Waals surface area contributed by atoms with Crippen LogP contribution in [-0.4, -0.2) is 20.2 Å². The Bertz CT molecular complexity index is 359. The molecule has 2 rings (SSSR count). The highest BCUT2D eigenvalue weighted by atomic mass is 35.5. The molecule has 1 atom stereocenters. The Hall–Kier alpha value is -0.730. The normalized spacial score (nSPS) is 20.6. The number of ether oxygens (including phenoxy) is 1. The van der Waals surface area contributed by atoms with Gasteiger partial charge in [-0.3, -0.25) is 0 Å². The van der Waals surface area contributed by atoms with Gasteiger partial charge in [0.05, 0.1) is 12.1 Å². The summed E-state index contributed by atoms with van der Waals surface area (Å²) in [4.78, 5) is 0. The van der Waals surface area contributed by atoms with Crippen LogP contribution in [0.1, 0.15) is 23.5 Å². The van der Waals surface area contributed by atoms with Crippen LogP contribution in [0.3, 0.4) is 0 Å². The second kappa shape index (κ2) is 4.42. The summed E-state index contributed by atoms with van der Waals surface area (Å²) in [5, 5.41) is 4.13. The van der Waals surface area contributed by atoms with Crippen molar-refractivity contribution in [2.75, 3.05) is 20.2 Å². The van der Waals surface area contributed by atoms with E-state index in [2.05, 4.69) is 17.4 Å². The smallest absolute Gasteiger partial charge is 0.140 e. The third-order valence-electron chi connectivity index (χ3n) is 3.03. The summed E-state index contributed by atoms with van der Waals surface area (Å²) in [6, 6.07) is 4.20. The van der Waals surface area contributed by atoms with E-state index in [-0.39, 0.29) is 0 Å². The van der Waals surface area contributed by atoms with E-state index in [1.165, 1.54) is 5.56 Å². The second-order valence-electron chi connectivity index (χ2n) is 4.01. The molecule has 0 saturated carbocycles. The van der Waals surface area contributed by atoms with Crippen molar-refractivity contribution in [3.05, 3.63) is 28.3 Å². The molecule has 1 N–H and O–H groups in total. The molecule has 0 amide bonds. The maximum absolute atomic E-state index is 6.34. The number of rotatable bonds is 2. The van der Waals surface area contributed by atoms with Gasteiger partial charge in [0.25, 0.3) is 0 Å². The summed E-state index contributed by atoms with van der Waals surface area (Å²) in [6.07, 6.45) is 1.16. The van der Waals surface area contributed by atoms with Gasteiger partial charge in [-0.1, -0.05) is 23.7 Å². The van der Waals surface area contributed by atoms with E-state index >= 15 is 0 Å². The lowest BCUT2D eigenvalue weighted by molar-refractivity contribution is 0.411. The van der Waals surface area contributed by atoms with Crippen molar-refractivity contribution in [3.63, 3.8) is 0 Å². The van der Waals surface area contributed by atoms with Crippen molar-refractivity contribution in [1.29, 1.82) is 0 Å². The molecule has 1 fully saturated rings. The zero-order chi connectivity index (χ0) is 10.8. The molecule has 1 aliphatic rings. The lowest BCUT2D eigenvalue weighted by Gasteiger charge is -2.15. The summed E-state index contributed by atoms with van der Waals surface area (Å²) in [7, 11) is 1.67. The van der Waals surface area contributed by atoms with Gasteiger partial charge in [0.1, 0.15) is 5.75 Å². The van der Waals surface area contributed by atoms with Crippen LogP contribution in [-0.2, 0) is 0 Å². The van der Waals surface area contributed by atoms with E-state index < -0.39 is 0 Å². The highest BCUT2D eigenvalue weighted by Gasteiger charge is 2.21. The Kier molecular flexibility index (Phi) is 3.17. The minimum Gasteiger partial charge on any atom is -0.495 e. The third kappa shape index (κ3) is 1.97. The van der Waals surface area contributed by atoms with Crippen LogP contribution in [0, 0.1) is 6.92 Å². The second-order valence-corrected chi connectivity index (χ2v) is 4.39. The van der Waals surface area contributed by atoms with Crippen LogP contribution in [0.4, 0.5) is 0 Å². The molecule has 1 aliphatic heterocycles. The van der Waals surface area contributed by atoms with Crippen LogP contribution in [0.5, 0.6) is 5.75 Å². The summed E-state index contributed by atoms with van der Waals surface area (Å²) < 4.78 is 5.32. The van der Waals surface area contributed by atoms with E-state index in [1.54, 1.807) is 7.11 Å². The first kappa shape index (κ1) is 10.8. The molecule has 82 valence electrons. The SMILES string of the molecule is COc1c(C)ccc(C2CCNC2)c1Cl. The molecule has 0 aliphatic carbocycles. The number of nitrogens with one attached hydrogen (secondary N) is 1. The minimum atomic E-state index is 0.534. The van der Waals surface area contributed by atoms with Gasteiger partial charge in [0.2, 0.25) is 0 Å². The Morgan fingerprint density at radius 2 is 2.27 bits per heavy atom. The van der Waals surface area contributed by atoms with Crippen LogP contribution >= 0.6 is 11.6 Å². The van der Waals surface area contributed by atoms with Crippen molar-refractivity contribution in [2.24, 2.45) is 0 Å². The van der Waals surface area contributed by atoms with E-state index in [0.717, 1.165) is 35.8 Å². The maximum atomic E-state index is 6.34. The van der Waals surface area contributed by atoms with Gasteiger partial charge in [0.15, 0.2) is 0 Å². The molecule has 1 saturated heterocycles. The van der Waals surface area contributed by atoms with E-state index in [4.69, 9.17) is 16.3 Å². The van der Waals surface area contributed by atoms with Crippen LogP contribution < -0.4 is 10.1 Å². The lowest BCUT2D eigenvalue weighted by atomic mass is 9.97. The number of halogens is 1. The molecule has 0 spiro atoms. The van der Waals surface area contributed by atoms with E-state index in [1.807, 2.05) is 6.92 Å². The van der Waals surface area contributed by atoms with Crippen molar-refractivity contribution in [3.8, 4) is 5.75 Å². The predicted octanol–water partition coefficient (Wildman–Crippen LogP) is 2.73. The third-order valence-corrected chi connectivity index (χ3v) is 3.42. The fraction of sp³-hybridized carbons (Fsp3) is 0.500. The summed E-state index contributed by atoms with van der Waals surface area (Å²) in [5.41, 5.74) is 2.31. The standard InChI is InChI=1S/C12H16ClNO/c1-8-3-4-10(9-5-6-14-7-9)11(13)12(8)15-2/h3-4,9,14H,5-7H2,1-2H3. The van der Waals surface area contributed by atoms with Gasteiger partial charge in [-0.25, -0.2) is 0 Å². The van der Waals surface area contributed by atoms with Crippen LogP contribution in [0.15, 0.2) is 12.1 Å². The number of hydrogen-bond acceptors (Lipinski definition) is 2. The van der Waals surface area contributed by atoms with Gasteiger partial charge in [-0.05, 0) is 36.9 Å². The topological polar surface area (TPSA) is 21.3 Å². The summed E-state index contributed by atoms with van der Waals surface area (Å²) in [5.74, 6) is 1.35. The maximum Gasteiger partial charge on any atom is 0.140 e. The molecule has 2 nitrogen and oxygen atoms in total. The fourth-order valence-corrected chi connectivity index (χ4v) is 2.60. The Morgan fingerprint density at radius 3 is 2.87 bits per heavy atom. The molecule has 15 heavy (non-hydrogen) atoms. The molecule has 1 aromatic rings. The average molecular weight is 226 g/mol. The summed E-state index contributed by atoms with van der Waals surface area (Å²) >= 11 is 6.34. The first-order valence-electron chi connectivity index (χ1n) is 5.27. The molecule has 0 bridgehead atoms. The Labute approximate surface area is 95.6 Å². The van der Waals surface area contributed by atoms with Gasteiger partial charge in [-0.2, -0.15) is 0 Å². The van der Waals surface area contributed by atoms with Crippen molar-refractivity contribution >= 4 is 11.6 Å².